The van der Waals surface area contributed by atoms with Gasteiger partial charge < -0.3 is 14.7 Å². The molecule has 3 saturated carbocycles. The van der Waals surface area contributed by atoms with Crippen molar-refractivity contribution in [1.82, 2.24) is 0 Å². The molecule has 0 aromatic heterocycles. The van der Waals surface area contributed by atoms with E-state index in [1.165, 1.54) is 0 Å². The van der Waals surface area contributed by atoms with Crippen molar-refractivity contribution in [1.29, 1.82) is 0 Å². The van der Waals surface area contributed by atoms with Crippen molar-refractivity contribution in [2.24, 2.45) is 34.0 Å². The Bertz CT molecular complexity index is 1230. The molecule has 4 aliphatic rings. The summed E-state index contributed by atoms with van der Waals surface area (Å²) in [5.41, 5.74) is -2.16. The number of hydrogen-bond donors (Lipinski definition) is 1. The van der Waals surface area contributed by atoms with Crippen LogP contribution in [0.5, 0.6) is 0 Å². The van der Waals surface area contributed by atoms with Crippen molar-refractivity contribution in [3.63, 3.8) is 0 Å². The zero-order valence-corrected chi connectivity index (χ0v) is 25.1. The SMILES string of the molecule is C=C[C@]1(C)C[C@@H](OC(=O)CSc2c(N3CCSCC3)c(=O)c2=O)[C@]2(C)[C@H](C)CC[C@]3(CCC(=O)[C@H]32)[C@@H](C)[C@@H]1O. The summed E-state index contributed by atoms with van der Waals surface area (Å²) in [6.07, 6.45) is 3.88. The van der Waals surface area contributed by atoms with Gasteiger partial charge >= 0.3 is 5.97 Å². The van der Waals surface area contributed by atoms with Gasteiger partial charge in [0.25, 0.3) is 5.43 Å². The minimum absolute atomic E-state index is 0.0864. The third-order valence-corrected chi connectivity index (χ3v) is 13.1. The molecular formula is C30H41NO6S2. The van der Waals surface area contributed by atoms with Crippen LogP contribution in [-0.4, -0.2) is 59.4 Å². The van der Waals surface area contributed by atoms with Crippen molar-refractivity contribution in [2.75, 3.05) is 35.2 Å². The van der Waals surface area contributed by atoms with E-state index in [0.29, 0.717) is 36.5 Å². The quantitative estimate of drug-likeness (QED) is 0.235. The number of Topliss-reactive ketones (excluding diaryl/α,β-unsaturated/α-hetero) is 1. The Hall–Kier alpha value is -1.58. The van der Waals surface area contributed by atoms with Gasteiger partial charge in [-0.3, -0.25) is 19.2 Å². The lowest BCUT2D eigenvalue weighted by molar-refractivity contribution is -0.205. The maximum absolute atomic E-state index is 13.5. The van der Waals surface area contributed by atoms with Crippen LogP contribution in [0.4, 0.5) is 5.69 Å². The van der Waals surface area contributed by atoms with Crippen molar-refractivity contribution in [3.8, 4) is 0 Å². The molecule has 1 heterocycles. The minimum atomic E-state index is -0.717. The summed E-state index contributed by atoms with van der Waals surface area (Å²) in [5.74, 6) is 1.24. The molecule has 1 aromatic carbocycles. The topological polar surface area (TPSA) is 101 Å². The molecule has 8 atom stereocenters. The highest BCUT2D eigenvalue weighted by Gasteiger charge is 2.68. The number of thioether (sulfide) groups is 2. The molecule has 1 N–H and O–H groups in total. The monoisotopic (exact) mass is 575 g/mol. The Labute approximate surface area is 239 Å². The van der Waals surface area contributed by atoms with Gasteiger partial charge in [-0.2, -0.15) is 11.8 Å². The third kappa shape index (κ3) is 4.37. The van der Waals surface area contributed by atoms with Crippen LogP contribution in [0.25, 0.3) is 0 Å². The summed E-state index contributed by atoms with van der Waals surface area (Å²) in [6, 6.07) is 0. The molecular weight excluding hydrogens is 534 g/mol. The van der Waals surface area contributed by atoms with Crippen LogP contribution in [0.1, 0.15) is 59.8 Å². The van der Waals surface area contributed by atoms with Gasteiger partial charge in [-0.15, -0.1) is 18.3 Å². The summed E-state index contributed by atoms with van der Waals surface area (Å²) in [5, 5.41) is 11.7. The Morgan fingerprint density at radius 1 is 1.18 bits per heavy atom. The Kier molecular flexibility index (Phi) is 7.68. The molecule has 1 aromatic rings. The molecule has 39 heavy (non-hydrogen) atoms. The fraction of sp³-hybridized carbons (Fsp3) is 0.733. The number of carbonyl (C=O) groups excluding carboxylic acids is 2. The molecule has 0 radical (unpaired) electrons. The highest BCUT2D eigenvalue weighted by atomic mass is 32.2. The molecule has 0 unspecified atom stereocenters. The second-order valence-corrected chi connectivity index (χ2v) is 15.0. The fourth-order valence-electron chi connectivity index (χ4n) is 8.39. The van der Waals surface area contributed by atoms with E-state index in [4.69, 9.17) is 4.74 Å². The lowest BCUT2D eigenvalue weighted by Gasteiger charge is -2.61. The molecule has 2 bridgehead atoms. The number of nitrogens with zero attached hydrogens (tertiary/aromatic N) is 1. The number of carbonyl (C=O) groups is 2. The maximum atomic E-state index is 13.5. The normalized spacial score (nSPS) is 40.6. The molecule has 214 valence electrons. The van der Waals surface area contributed by atoms with Gasteiger partial charge in [0, 0.05) is 47.8 Å². The smallest absolute Gasteiger partial charge is 0.316 e. The zero-order chi connectivity index (χ0) is 28.3. The van der Waals surface area contributed by atoms with Gasteiger partial charge in [0.15, 0.2) is 0 Å². The van der Waals surface area contributed by atoms with Gasteiger partial charge in [-0.1, -0.05) is 33.8 Å². The lowest BCUT2D eigenvalue weighted by Crippen LogP contribution is -2.63. The second-order valence-electron chi connectivity index (χ2n) is 12.8. The van der Waals surface area contributed by atoms with Crippen molar-refractivity contribution < 1.29 is 19.4 Å². The zero-order valence-electron chi connectivity index (χ0n) is 23.5. The van der Waals surface area contributed by atoms with E-state index in [2.05, 4.69) is 27.4 Å². The third-order valence-electron chi connectivity index (χ3n) is 11.1. The molecule has 5 rings (SSSR count). The van der Waals surface area contributed by atoms with E-state index in [0.717, 1.165) is 42.5 Å². The van der Waals surface area contributed by atoms with Crippen LogP contribution in [0.15, 0.2) is 27.1 Å². The van der Waals surface area contributed by atoms with E-state index in [1.807, 2.05) is 23.6 Å². The van der Waals surface area contributed by atoms with E-state index < -0.39 is 39.9 Å². The first-order chi connectivity index (χ1) is 18.4. The number of rotatable bonds is 6. The van der Waals surface area contributed by atoms with Crippen LogP contribution < -0.4 is 15.8 Å². The molecule has 7 nitrogen and oxygen atoms in total. The number of ether oxygens (including phenoxy) is 1. The molecule has 3 aliphatic carbocycles. The Balaban J connectivity index is 1.42. The standard InChI is InChI=1S/C30H41NO6S2/c1-6-28(4)15-20(29(5)17(2)7-9-30(18(3)27(28)36)10-8-19(32)26(29)30)37-21(33)16-39-25-22(23(34)24(25)35)31-11-13-38-14-12-31/h6,17-18,20,26-27,36H,1,7-16H2,2-5H3/t17-,18+,20-,26+,27+,28-,29+,30+/m1/s1. The predicted octanol–water partition coefficient (Wildman–Crippen LogP) is 3.83. The van der Waals surface area contributed by atoms with Crippen LogP contribution in [0.2, 0.25) is 0 Å². The van der Waals surface area contributed by atoms with Gasteiger partial charge in [0.1, 0.15) is 17.6 Å². The summed E-state index contributed by atoms with van der Waals surface area (Å²) < 4.78 is 6.28. The summed E-state index contributed by atoms with van der Waals surface area (Å²) in [4.78, 5) is 54.0. The van der Waals surface area contributed by atoms with E-state index in [-0.39, 0.29) is 34.7 Å². The first kappa shape index (κ1) is 28.9. The first-order valence-electron chi connectivity index (χ1n) is 14.2. The molecule has 1 aliphatic heterocycles. The number of esters is 1. The maximum Gasteiger partial charge on any atom is 0.316 e. The lowest BCUT2D eigenvalue weighted by atomic mass is 9.44. The van der Waals surface area contributed by atoms with Gasteiger partial charge in [0.05, 0.1) is 16.8 Å². The van der Waals surface area contributed by atoms with E-state index >= 15 is 0 Å². The number of ketones is 1. The average molecular weight is 576 g/mol. The summed E-state index contributed by atoms with van der Waals surface area (Å²) in [7, 11) is 0. The molecule has 9 heteroatoms. The number of aliphatic hydroxyl groups is 1. The van der Waals surface area contributed by atoms with Crippen molar-refractivity contribution in [2.45, 2.75) is 76.9 Å². The van der Waals surface area contributed by atoms with Gasteiger partial charge in [-0.25, -0.2) is 0 Å². The van der Waals surface area contributed by atoms with Crippen LogP contribution in [0, 0.1) is 34.0 Å². The molecule has 0 amide bonds. The number of aliphatic hydroxyl groups excluding tert-OH is 1. The van der Waals surface area contributed by atoms with Gasteiger partial charge in [0.2, 0.25) is 5.43 Å². The van der Waals surface area contributed by atoms with Crippen molar-refractivity contribution in [3.05, 3.63) is 33.1 Å². The number of hydrogen-bond acceptors (Lipinski definition) is 9. The highest BCUT2D eigenvalue weighted by molar-refractivity contribution is 8.00. The van der Waals surface area contributed by atoms with Gasteiger partial charge in [-0.05, 0) is 42.9 Å². The minimum Gasteiger partial charge on any atom is -0.461 e. The largest absolute Gasteiger partial charge is 0.461 e. The fourth-order valence-corrected chi connectivity index (χ4v) is 10.2. The Morgan fingerprint density at radius 2 is 1.87 bits per heavy atom. The highest BCUT2D eigenvalue weighted by Crippen LogP contribution is 2.68. The molecule has 0 spiro atoms. The molecule has 4 fully saturated rings. The predicted molar refractivity (Wildman–Crippen MR) is 156 cm³/mol. The second kappa shape index (κ2) is 10.4. The average Bonchev–Trinajstić information content (AvgIpc) is 3.29. The molecule has 1 saturated heterocycles. The van der Waals surface area contributed by atoms with Crippen LogP contribution in [0.3, 0.4) is 0 Å². The summed E-state index contributed by atoms with van der Waals surface area (Å²) in [6.45, 7) is 13.8. The van der Waals surface area contributed by atoms with Crippen molar-refractivity contribution >= 4 is 41.0 Å². The van der Waals surface area contributed by atoms with Crippen LogP contribution in [-0.2, 0) is 14.3 Å². The summed E-state index contributed by atoms with van der Waals surface area (Å²) >= 11 is 2.90. The van der Waals surface area contributed by atoms with E-state index in [9.17, 15) is 24.3 Å². The Morgan fingerprint density at radius 3 is 2.54 bits per heavy atom. The van der Waals surface area contributed by atoms with Crippen LogP contribution >= 0.6 is 23.5 Å². The number of anilines is 1. The van der Waals surface area contributed by atoms with E-state index in [1.54, 1.807) is 6.08 Å². The first-order valence-corrected chi connectivity index (χ1v) is 16.4.